The Morgan fingerprint density at radius 3 is 3.00 bits per heavy atom. The number of anilines is 1. The van der Waals surface area contributed by atoms with Gasteiger partial charge in [0.1, 0.15) is 0 Å². The zero-order chi connectivity index (χ0) is 11.1. The average molecular weight is 217 g/mol. The van der Waals surface area contributed by atoms with E-state index in [2.05, 4.69) is 10.6 Å². The first-order valence-electron chi connectivity index (χ1n) is 5.64. The first-order valence-corrected chi connectivity index (χ1v) is 5.64. The SMILES string of the molecule is Nc1ccc2c(c1)C(=O)NC[C@@H]1CNC[C@H]21. The summed E-state index contributed by atoms with van der Waals surface area (Å²) in [6, 6.07) is 5.67. The lowest BCUT2D eigenvalue weighted by atomic mass is 9.87. The summed E-state index contributed by atoms with van der Waals surface area (Å²) in [4.78, 5) is 11.9. The first-order chi connectivity index (χ1) is 7.75. The molecule has 1 aromatic carbocycles. The van der Waals surface area contributed by atoms with Gasteiger partial charge in [-0.1, -0.05) is 6.07 Å². The summed E-state index contributed by atoms with van der Waals surface area (Å²) in [7, 11) is 0. The van der Waals surface area contributed by atoms with Gasteiger partial charge in [-0.2, -0.15) is 0 Å². The highest BCUT2D eigenvalue weighted by Crippen LogP contribution is 2.33. The van der Waals surface area contributed by atoms with Crippen molar-refractivity contribution in [2.75, 3.05) is 25.4 Å². The van der Waals surface area contributed by atoms with Crippen LogP contribution in [-0.4, -0.2) is 25.5 Å². The second-order valence-electron chi connectivity index (χ2n) is 4.58. The van der Waals surface area contributed by atoms with Crippen LogP contribution in [0.2, 0.25) is 0 Å². The van der Waals surface area contributed by atoms with Gasteiger partial charge in [-0.15, -0.1) is 0 Å². The Bertz CT molecular complexity index is 444. The van der Waals surface area contributed by atoms with Crippen LogP contribution < -0.4 is 16.4 Å². The highest BCUT2D eigenvalue weighted by atomic mass is 16.1. The number of fused-ring (bicyclic) bond motifs is 3. The van der Waals surface area contributed by atoms with Gasteiger partial charge < -0.3 is 16.4 Å². The number of hydrogen-bond acceptors (Lipinski definition) is 3. The number of nitrogen functional groups attached to an aromatic ring is 1. The van der Waals surface area contributed by atoms with Gasteiger partial charge in [0.25, 0.3) is 5.91 Å². The minimum absolute atomic E-state index is 0.0108. The van der Waals surface area contributed by atoms with Crippen LogP contribution >= 0.6 is 0 Å². The largest absolute Gasteiger partial charge is 0.399 e. The Balaban J connectivity index is 2.12. The van der Waals surface area contributed by atoms with Crippen LogP contribution in [0.4, 0.5) is 5.69 Å². The molecule has 2 aliphatic heterocycles. The van der Waals surface area contributed by atoms with Crippen LogP contribution in [0.25, 0.3) is 0 Å². The first kappa shape index (κ1) is 9.66. The van der Waals surface area contributed by atoms with Crippen molar-refractivity contribution in [1.82, 2.24) is 10.6 Å². The third-order valence-corrected chi connectivity index (χ3v) is 3.59. The molecule has 4 heteroatoms. The predicted molar refractivity (Wildman–Crippen MR) is 62.3 cm³/mol. The summed E-state index contributed by atoms with van der Waals surface area (Å²) in [5.74, 6) is 0.958. The molecule has 1 saturated heterocycles. The van der Waals surface area contributed by atoms with Gasteiger partial charge in [0, 0.05) is 36.8 Å². The Kier molecular flexibility index (Phi) is 2.11. The number of amides is 1. The van der Waals surface area contributed by atoms with Crippen molar-refractivity contribution in [3.05, 3.63) is 29.3 Å². The van der Waals surface area contributed by atoms with E-state index in [1.807, 2.05) is 12.1 Å². The minimum atomic E-state index is 0.0108. The highest BCUT2D eigenvalue weighted by molar-refractivity contribution is 5.97. The van der Waals surface area contributed by atoms with Gasteiger partial charge in [-0.25, -0.2) is 0 Å². The van der Waals surface area contributed by atoms with Gasteiger partial charge >= 0.3 is 0 Å². The molecular weight excluding hydrogens is 202 g/mol. The lowest BCUT2D eigenvalue weighted by Gasteiger charge is -2.16. The van der Waals surface area contributed by atoms with E-state index in [0.29, 0.717) is 17.5 Å². The monoisotopic (exact) mass is 217 g/mol. The standard InChI is InChI=1S/C12H15N3O/c13-8-1-2-9-10(3-8)12(16)15-5-7-4-14-6-11(7)9/h1-3,7,11,14H,4-6,13H2,(H,15,16)/t7-,11-/m0/s1. The number of benzene rings is 1. The molecule has 2 aliphatic rings. The Morgan fingerprint density at radius 2 is 2.12 bits per heavy atom. The van der Waals surface area contributed by atoms with Gasteiger partial charge in [0.2, 0.25) is 0 Å². The fraction of sp³-hybridized carbons (Fsp3) is 0.417. The van der Waals surface area contributed by atoms with Crippen molar-refractivity contribution in [2.24, 2.45) is 5.92 Å². The fourth-order valence-electron chi connectivity index (χ4n) is 2.72. The molecule has 1 amide bonds. The zero-order valence-corrected chi connectivity index (χ0v) is 8.99. The molecule has 16 heavy (non-hydrogen) atoms. The summed E-state index contributed by atoms with van der Waals surface area (Å²) in [6.45, 7) is 2.69. The lowest BCUT2D eigenvalue weighted by molar-refractivity contribution is 0.0952. The van der Waals surface area contributed by atoms with Crippen molar-refractivity contribution in [1.29, 1.82) is 0 Å². The Hall–Kier alpha value is -1.55. The second-order valence-corrected chi connectivity index (χ2v) is 4.58. The minimum Gasteiger partial charge on any atom is -0.399 e. The number of hydrogen-bond donors (Lipinski definition) is 3. The smallest absolute Gasteiger partial charge is 0.251 e. The maximum absolute atomic E-state index is 11.9. The Labute approximate surface area is 94.2 Å². The molecule has 84 valence electrons. The fourth-order valence-corrected chi connectivity index (χ4v) is 2.72. The molecule has 0 bridgehead atoms. The summed E-state index contributed by atoms with van der Waals surface area (Å²) in [5.41, 5.74) is 8.27. The Morgan fingerprint density at radius 1 is 1.25 bits per heavy atom. The van der Waals surface area contributed by atoms with E-state index in [9.17, 15) is 4.79 Å². The summed E-state index contributed by atoms with van der Waals surface area (Å²) < 4.78 is 0. The molecule has 0 radical (unpaired) electrons. The molecular formula is C12H15N3O. The van der Waals surface area contributed by atoms with Crippen LogP contribution in [0.5, 0.6) is 0 Å². The van der Waals surface area contributed by atoms with Crippen molar-refractivity contribution in [2.45, 2.75) is 5.92 Å². The van der Waals surface area contributed by atoms with Crippen LogP contribution in [0.15, 0.2) is 18.2 Å². The van der Waals surface area contributed by atoms with Crippen molar-refractivity contribution < 1.29 is 4.79 Å². The van der Waals surface area contributed by atoms with Crippen LogP contribution in [0.1, 0.15) is 21.8 Å². The lowest BCUT2D eigenvalue weighted by Crippen LogP contribution is -2.28. The number of rotatable bonds is 0. The van der Waals surface area contributed by atoms with Crippen molar-refractivity contribution in [3.8, 4) is 0 Å². The summed E-state index contributed by atoms with van der Waals surface area (Å²) in [6.07, 6.45) is 0. The molecule has 4 N–H and O–H groups in total. The number of nitrogens with one attached hydrogen (secondary N) is 2. The average Bonchev–Trinajstić information content (AvgIpc) is 2.69. The van der Waals surface area contributed by atoms with E-state index < -0.39 is 0 Å². The number of carbonyl (C=O) groups is 1. The van der Waals surface area contributed by atoms with Crippen LogP contribution in [0, 0.1) is 5.92 Å². The third-order valence-electron chi connectivity index (χ3n) is 3.59. The van der Waals surface area contributed by atoms with Crippen molar-refractivity contribution in [3.63, 3.8) is 0 Å². The summed E-state index contributed by atoms with van der Waals surface area (Å²) in [5, 5.41) is 6.34. The zero-order valence-electron chi connectivity index (χ0n) is 8.99. The number of nitrogens with two attached hydrogens (primary N) is 1. The molecule has 1 aromatic rings. The van der Waals surface area contributed by atoms with Gasteiger partial charge in [-0.05, 0) is 23.6 Å². The van der Waals surface area contributed by atoms with E-state index in [1.165, 1.54) is 0 Å². The van der Waals surface area contributed by atoms with Crippen LogP contribution in [-0.2, 0) is 0 Å². The van der Waals surface area contributed by atoms with Gasteiger partial charge in [0.15, 0.2) is 0 Å². The van der Waals surface area contributed by atoms with Crippen molar-refractivity contribution >= 4 is 11.6 Å². The molecule has 0 aromatic heterocycles. The predicted octanol–water partition coefficient (Wildman–Crippen LogP) is 0.315. The maximum Gasteiger partial charge on any atom is 0.251 e. The molecule has 3 rings (SSSR count). The normalized spacial score (nSPS) is 27.9. The van der Waals surface area contributed by atoms with E-state index in [0.717, 1.165) is 30.8 Å². The topological polar surface area (TPSA) is 67.2 Å². The molecule has 2 atom stereocenters. The molecule has 1 fully saturated rings. The number of carbonyl (C=O) groups excluding carboxylic acids is 1. The quantitative estimate of drug-likeness (QED) is 0.548. The summed E-state index contributed by atoms with van der Waals surface area (Å²) >= 11 is 0. The maximum atomic E-state index is 11.9. The van der Waals surface area contributed by atoms with E-state index >= 15 is 0 Å². The van der Waals surface area contributed by atoms with E-state index in [-0.39, 0.29) is 5.91 Å². The molecule has 0 saturated carbocycles. The van der Waals surface area contributed by atoms with Gasteiger partial charge in [-0.3, -0.25) is 4.79 Å². The highest BCUT2D eigenvalue weighted by Gasteiger charge is 2.33. The third kappa shape index (κ3) is 1.38. The molecule has 0 spiro atoms. The molecule has 0 aliphatic carbocycles. The van der Waals surface area contributed by atoms with Gasteiger partial charge in [0.05, 0.1) is 0 Å². The molecule has 2 heterocycles. The molecule has 0 unspecified atom stereocenters. The second kappa shape index (κ2) is 3.49. The molecule has 4 nitrogen and oxygen atoms in total. The van der Waals surface area contributed by atoms with E-state index in [4.69, 9.17) is 5.73 Å². The van der Waals surface area contributed by atoms with E-state index in [1.54, 1.807) is 6.07 Å². The van der Waals surface area contributed by atoms with Crippen LogP contribution in [0.3, 0.4) is 0 Å².